The SMILES string of the molecule is OC1CCN(c2cncc3ncc(-c4ccc(OCC5CCCN5)cc4)n23)CC1. The van der Waals surface area contributed by atoms with Crippen LogP contribution in [0.2, 0.25) is 0 Å². The van der Waals surface area contributed by atoms with Crippen molar-refractivity contribution in [1.29, 1.82) is 0 Å². The number of ether oxygens (including phenoxy) is 1. The Balaban J connectivity index is 1.39. The van der Waals surface area contributed by atoms with Gasteiger partial charge >= 0.3 is 0 Å². The molecule has 3 aromatic rings. The van der Waals surface area contributed by atoms with E-state index >= 15 is 0 Å². The first kappa shape index (κ1) is 18.4. The van der Waals surface area contributed by atoms with Gasteiger partial charge in [-0.25, -0.2) is 4.98 Å². The van der Waals surface area contributed by atoms with E-state index in [0.717, 1.165) is 60.9 Å². The summed E-state index contributed by atoms with van der Waals surface area (Å²) < 4.78 is 8.11. The molecule has 0 amide bonds. The van der Waals surface area contributed by atoms with Crippen molar-refractivity contribution in [3.8, 4) is 17.0 Å². The van der Waals surface area contributed by atoms with E-state index in [0.29, 0.717) is 12.6 Å². The normalized spacial score (nSPS) is 20.4. The standard InChI is InChI=1S/C22H27N5O2/c28-18-7-10-26(11-8-18)22-14-23-13-21-25-12-20(27(21)22)16-3-5-19(6-4-16)29-15-17-2-1-9-24-17/h3-6,12-14,17-18,24,28H,1-2,7-11,15H2. The van der Waals surface area contributed by atoms with Crippen molar-refractivity contribution >= 4 is 11.5 Å². The summed E-state index contributed by atoms with van der Waals surface area (Å²) in [5.74, 6) is 1.91. The summed E-state index contributed by atoms with van der Waals surface area (Å²) in [5, 5.41) is 13.3. The fraction of sp³-hybridized carbons (Fsp3) is 0.455. The Morgan fingerprint density at radius 3 is 2.66 bits per heavy atom. The van der Waals surface area contributed by atoms with Gasteiger partial charge in [0.15, 0.2) is 5.65 Å². The molecule has 5 rings (SSSR count). The van der Waals surface area contributed by atoms with Crippen LogP contribution in [-0.2, 0) is 0 Å². The third-order valence-corrected chi connectivity index (χ3v) is 5.95. The van der Waals surface area contributed by atoms with Gasteiger partial charge in [0.2, 0.25) is 0 Å². The molecule has 2 saturated heterocycles. The number of imidazole rings is 1. The van der Waals surface area contributed by atoms with Crippen LogP contribution >= 0.6 is 0 Å². The number of benzene rings is 1. The van der Waals surface area contributed by atoms with Crippen molar-refractivity contribution in [3.63, 3.8) is 0 Å². The first-order valence-corrected chi connectivity index (χ1v) is 10.5. The molecule has 0 aliphatic carbocycles. The molecule has 29 heavy (non-hydrogen) atoms. The van der Waals surface area contributed by atoms with Gasteiger partial charge in [-0.15, -0.1) is 0 Å². The number of fused-ring (bicyclic) bond motifs is 1. The van der Waals surface area contributed by atoms with Gasteiger partial charge in [-0.05, 0) is 56.5 Å². The molecule has 2 N–H and O–H groups in total. The summed E-state index contributed by atoms with van der Waals surface area (Å²) in [6.07, 6.45) is 9.36. The zero-order valence-electron chi connectivity index (χ0n) is 16.5. The number of piperidine rings is 1. The molecule has 1 atom stereocenters. The molecule has 1 aromatic carbocycles. The second-order valence-electron chi connectivity index (χ2n) is 7.95. The molecule has 2 fully saturated rings. The molecule has 2 aromatic heterocycles. The fourth-order valence-corrected chi connectivity index (χ4v) is 4.27. The Morgan fingerprint density at radius 2 is 1.90 bits per heavy atom. The summed E-state index contributed by atoms with van der Waals surface area (Å²) in [5.41, 5.74) is 2.96. The minimum atomic E-state index is -0.201. The van der Waals surface area contributed by atoms with Gasteiger partial charge in [0.05, 0.1) is 30.4 Å². The number of rotatable bonds is 5. The Labute approximate surface area is 170 Å². The van der Waals surface area contributed by atoms with E-state index in [1.807, 2.05) is 24.5 Å². The van der Waals surface area contributed by atoms with Crippen LogP contribution in [0.1, 0.15) is 25.7 Å². The molecule has 1 unspecified atom stereocenters. The van der Waals surface area contributed by atoms with Crippen molar-refractivity contribution in [2.75, 3.05) is 31.1 Å². The van der Waals surface area contributed by atoms with Crippen LogP contribution in [0.5, 0.6) is 5.75 Å². The highest BCUT2D eigenvalue weighted by molar-refractivity contribution is 5.67. The summed E-state index contributed by atoms with van der Waals surface area (Å²) in [7, 11) is 0. The average molecular weight is 393 g/mol. The lowest BCUT2D eigenvalue weighted by Crippen LogP contribution is -2.36. The minimum Gasteiger partial charge on any atom is -0.492 e. The zero-order chi connectivity index (χ0) is 19.6. The maximum absolute atomic E-state index is 9.84. The first-order valence-electron chi connectivity index (χ1n) is 10.5. The lowest BCUT2D eigenvalue weighted by Gasteiger charge is -2.31. The maximum Gasteiger partial charge on any atom is 0.157 e. The highest BCUT2D eigenvalue weighted by Crippen LogP contribution is 2.28. The van der Waals surface area contributed by atoms with Gasteiger partial charge in [0, 0.05) is 24.7 Å². The molecule has 2 aliphatic heterocycles. The third-order valence-electron chi connectivity index (χ3n) is 5.95. The second-order valence-corrected chi connectivity index (χ2v) is 7.95. The molecule has 0 saturated carbocycles. The van der Waals surface area contributed by atoms with Gasteiger partial charge in [-0.1, -0.05) is 0 Å². The van der Waals surface area contributed by atoms with Crippen LogP contribution in [-0.4, -0.2) is 57.9 Å². The first-order chi connectivity index (χ1) is 14.3. The van der Waals surface area contributed by atoms with Gasteiger partial charge < -0.3 is 20.1 Å². The summed E-state index contributed by atoms with van der Waals surface area (Å²) >= 11 is 0. The average Bonchev–Trinajstić information content (AvgIpc) is 3.43. The predicted octanol–water partition coefficient (Wildman–Crippen LogP) is 2.49. The molecular formula is C22H27N5O2. The van der Waals surface area contributed by atoms with Gasteiger partial charge in [-0.2, -0.15) is 0 Å². The molecule has 0 spiro atoms. The molecule has 152 valence electrons. The predicted molar refractivity (Wildman–Crippen MR) is 112 cm³/mol. The number of aromatic nitrogens is 3. The van der Waals surface area contributed by atoms with Crippen molar-refractivity contribution < 1.29 is 9.84 Å². The number of aliphatic hydroxyl groups is 1. The number of aliphatic hydroxyl groups excluding tert-OH is 1. The van der Waals surface area contributed by atoms with E-state index in [9.17, 15) is 5.11 Å². The summed E-state index contributed by atoms with van der Waals surface area (Å²) in [6.45, 7) is 3.45. The van der Waals surface area contributed by atoms with Crippen molar-refractivity contribution in [2.24, 2.45) is 0 Å². The Bertz CT molecular complexity index is 957. The highest BCUT2D eigenvalue weighted by atomic mass is 16.5. The van der Waals surface area contributed by atoms with Crippen LogP contribution in [0.4, 0.5) is 5.82 Å². The van der Waals surface area contributed by atoms with Crippen LogP contribution in [0, 0.1) is 0 Å². The quantitative estimate of drug-likeness (QED) is 0.694. The summed E-state index contributed by atoms with van der Waals surface area (Å²) in [4.78, 5) is 11.2. The van der Waals surface area contributed by atoms with Crippen molar-refractivity contribution in [3.05, 3.63) is 42.9 Å². The van der Waals surface area contributed by atoms with E-state index in [1.165, 1.54) is 12.8 Å². The van der Waals surface area contributed by atoms with E-state index in [-0.39, 0.29) is 6.10 Å². The molecule has 4 heterocycles. The van der Waals surface area contributed by atoms with E-state index < -0.39 is 0 Å². The smallest absolute Gasteiger partial charge is 0.157 e. The number of hydrogen-bond donors (Lipinski definition) is 2. The molecule has 2 aliphatic rings. The number of anilines is 1. The Kier molecular flexibility index (Phi) is 5.08. The maximum atomic E-state index is 9.84. The van der Waals surface area contributed by atoms with Crippen LogP contribution < -0.4 is 15.0 Å². The fourth-order valence-electron chi connectivity index (χ4n) is 4.27. The number of nitrogens with one attached hydrogen (secondary N) is 1. The van der Waals surface area contributed by atoms with E-state index in [4.69, 9.17) is 4.74 Å². The lowest BCUT2D eigenvalue weighted by atomic mass is 10.1. The van der Waals surface area contributed by atoms with E-state index in [2.05, 4.69) is 36.7 Å². The second kappa shape index (κ2) is 8.00. The van der Waals surface area contributed by atoms with Crippen LogP contribution in [0.15, 0.2) is 42.9 Å². The van der Waals surface area contributed by atoms with Crippen molar-refractivity contribution in [1.82, 2.24) is 19.7 Å². The Hall–Kier alpha value is -2.64. The van der Waals surface area contributed by atoms with Crippen LogP contribution in [0.25, 0.3) is 16.9 Å². The molecular weight excluding hydrogens is 366 g/mol. The molecule has 0 radical (unpaired) electrons. The minimum absolute atomic E-state index is 0.201. The van der Waals surface area contributed by atoms with Gasteiger partial charge in [0.1, 0.15) is 18.2 Å². The van der Waals surface area contributed by atoms with Gasteiger partial charge in [0.25, 0.3) is 0 Å². The van der Waals surface area contributed by atoms with Crippen LogP contribution in [0.3, 0.4) is 0 Å². The third kappa shape index (κ3) is 3.80. The largest absolute Gasteiger partial charge is 0.492 e. The van der Waals surface area contributed by atoms with Crippen molar-refractivity contribution in [2.45, 2.75) is 37.8 Å². The lowest BCUT2D eigenvalue weighted by molar-refractivity contribution is 0.145. The highest BCUT2D eigenvalue weighted by Gasteiger charge is 2.21. The van der Waals surface area contributed by atoms with Gasteiger partial charge in [-0.3, -0.25) is 9.38 Å². The molecule has 7 nitrogen and oxygen atoms in total. The topological polar surface area (TPSA) is 74.9 Å². The summed E-state index contributed by atoms with van der Waals surface area (Å²) in [6, 6.07) is 8.70. The molecule has 0 bridgehead atoms. The molecule has 7 heteroatoms. The number of hydrogen-bond acceptors (Lipinski definition) is 6. The number of nitrogens with zero attached hydrogens (tertiary/aromatic N) is 4. The Morgan fingerprint density at radius 1 is 1.07 bits per heavy atom. The van der Waals surface area contributed by atoms with E-state index in [1.54, 1.807) is 6.20 Å². The monoisotopic (exact) mass is 393 g/mol. The zero-order valence-corrected chi connectivity index (χ0v) is 16.5.